The van der Waals surface area contributed by atoms with Crippen LogP contribution in [0.2, 0.25) is 5.02 Å². The van der Waals surface area contributed by atoms with E-state index in [0.717, 1.165) is 0 Å². The van der Waals surface area contributed by atoms with Gasteiger partial charge in [-0.1, -0.05) is 29.8 Å². The smallest absolute Gasteiger partial charge is 0.357 e. The Kier molecular flexibility index (Phi) is 3.58. The summed E-state index contributed by atoms with van der Waals surface area (Å²) in [6.07, 6.45) is 3.34. The largest absolute Gasteiger partial charge is 0.461 e. The molecule has 0 bridgehead atoms. The minimum absolute atomic E-state index is 0.286. The Morgan fingerprint density at radius 2 is 2.14 bits per heavy atom. The molecular formula is C15H12ClN3O2. The average molecular weight is 302 g/mol. The first-order valence-electron chi connectivity index (χ1n) is 6.47. The number of imidazole rings is 1. The third kappa shape index (κ3) is 2.36. The van der Waals surface area contributed by atoms with Crippen molar-refractivity contribution in [3.8, 4) is 11.3 Å². The SMILES string of the molecule is CCOC(=O)c1c(-c2ccccc2Cl)nc2ncccn12. The maximum atomic E-state index is 12.3. The fourth-order valence-electron chi connectivity index (χ4n) is 2.12. The highest BCUT2D eigenvalue weighted by Crippen LogP contribution is 2.30. The summed E-state index contributed by atoms with van der Waals surface area (Å²) in [5, 5.41) is 0.520. The summed E-state index contributed by atoms with van der Waals surface area (Å²) in [6, 6.07) is 8.96. The van der Waals surface area contributed by atoms with E-state index in [4.69, 9.17) is 16.3 Å². The first-order chi connectivity index (χ1) is 10.2. The van der Waals surface area contributed by atoms with E-state index >= 15 is 0 Å². The monoisotopic (exact) mass is 301 g/mol. The molecule has 5 nitrogen and oxygen atoms in total. The maximum absolute atomic E-state index is 12.3. The van der Waals surface area contributed by atoms with Crippen molar-refractivity contribution < 1.29 is 9.53 Å². The molecule has 0 saturated heterocycles. The van der Waals surface area contributed by atoms with Gasteiger partial charge in [0.2, 0.25) is 5.78 Å². The molecule has 0 aliphatic heterocycles. The van der Waals surface area contributed by atoms with Crippen molar-refractivity contribution in [2.24, 2.45) is 0 Å². The zero-order chi connectivity index (χ0) is 14.8. The first-order valence-corrected chi connectivity index (χ1v) is 6.85. The van der Waals surface area contributed by atoms with Crippen LogP contribution in [0, 0.1) is 0 Å². The van der Waals surface area contributed by atoms with Crippen molar-refractivity contribution >= 4 is 23.3 Å². The first kappa shape index (κ1) is 13.6. The van der Waals surface area contributed by atoms with Crippen LogP contribution in [0.4, 0.5) is 0 Å². The van der Waals surface area contributed by atoms with Crippen molar-refractivity contribution in [2.75, 3.05) is 6.61 Å². The summed E-state index contributed by atoms with van der Waals surface area (Å²) in [5.41, 5.74) is 1.47. The van der Waals surface area contributed by atoms with Gasteiger partial charge < -0.3 is 4.74 Å². The molecule has 2 aromatic heterocycles. The molecule has 0 unspecified atom stereocenters. The van der Waals surface area contributed by atoms with Gasteiger partial charge in [0.25, 0.3) is 0 Å². The Balaban J connectivity index is 2.29. The number of nitrogens with zero attached hydrogens (tertiary/aromatic N) is 3. The molecule has 106 valence electrons. The molecule has 1 aromatic carbocycles. The van der Waals surface area contributed by atoms with Crippen LogP contribution >= 0.6 is 11.6 Å². The lowest BCUT2D eigenvalue weighted by Crippen LogP contribution is -2.09. The number of aromatic nitrogens is 3. The van der Waals surface area contributed by atoms with Crippen molar-refractivity contribution in [3.63, 3.8) is 0 Å². The molecule has 0 spiro atoms. The predicted octanol–water partition coefficient (Wildman–Crippen LogP) is 3.23. The van der Waals surface area contributed by atoms with Gasteiger partial charge in [-0.3, -0.25) is 4.40 Å². The Morgan fingerprint density at radius 1 is 1.33 bits per heavy atom. The molecule has 0 N–H and O–H groups in total. The van der Waals surface area contributed by atoms with E-state index in [-0.39, 0.29) is 6.61 Å². The van der Waals surface area contributed by atoms with E-state index in [2.05, 4.69) is 9.97 Å². The third-order valence-corrected chi connectivity index (χ3v) is 3.33. The summed E-state index contributed by atoms with van der Waals surface area (Å²) in [5.74, 6) is -0.0246. The van der Waals surface area contributed by atoms with Crippen molar-refractivity contribution in [1.82, 2.24) is 14.4 Å². The lowest BCUT2D eigenvalue weighted by atomic mass is 10.1. The number of rotatable bonds is 3. The number of hydrogen-bond acceptors (Lipinski definition) is 4. The van der Waals surface area contributed by atoms with Gasteiger partial charge in [-0.05, 0) is 19.1 Å². The summed E-state index contributed by atoms with van der Waals surface area (Å²) in [7, 11) is 0. The second-order valence-electron chi connectivity index (χ2n) is 4.30. The molecule has 6 heteroatoms. The Labute approximate surface area is 126 Å². The van der Waals surface area contributed by atoms with E-state index in [1.54, 1.807) is 35.9 Å². The highest BCUT2D eigenvalue weighted by Gasteiger charge is 2.23. The van der Waals surface area contributed by atoms with E-state index in [9.17, 15) is 4.79 Å². The number of benzene rings is 1. The number of fused-ring (bicyclic) bond motifs is 1. The Hall–Kier alpha value is -2.40. The highest BCUT2D eigenvalue weighted by molar-refractivity contribution is 6.33. The normalized spacial score (nSPS) is 10.8. The summed E-state index contributed by atoms with van der Waals surface area (Å²) >= 11 is 6.22. The number of carbonyl (C=O) groups excluding carboxylic acids is 1. The topological polar surface area (TPSA) is 56.5 Å². The van der Waals surface area contributed by atoms with E-state index < -0.39 is 5.97 Å². The van der Waals surface area contributed by atoms with Crippen LogP contribution in [-0.2, 0) is 4.74 Å². The van der Waals surface area contributed by atoms with Crippen LogP contribution in [0.15, 0.2) is 42.7 Å². The van der Waals surface area contributed by atoms with Crippen LogP contribution in [-0.4, -0.2) is 26.9 Å². The van der Waals surface area contributed by atoms with Gasteiger partial charge >= 0.3 is 5.97 Å². The quantitative estimate of drug-likeness (QED) is 0.697. The van der Waals surface area contributed by atoms with E-state index in [1.165, 1.54) is 0 Å². The molecular weight excluding hydrogens is 290 g/mol. The number of esters is 1. The van der Waals surface area contributed by atoms with Crippen molar-refractivity contribution in [1.29, 1.82) is 0 Å². The van der Waals surface area contributed by atoms with E-state index in [0.29, 0.717) is 27.8 Å². The molecule has 3 rings (SSSR count). The fourth-order valence-corrected chi connectivity index (χ4v) is 2.35. The summed E-state index contributed by atoms with van der Waals surface area (Å²) < 4.78 is 6.73. The van der Waals surface area contributed by atoms with E-state index in [1.807, 2.05) is 18.2 Å². The van der Waals surface area contributed by atoms with Gasteiger partial charge in [0.05, 0.1) is 11.6 Å². The number of halogens is 1. The Morgan fingerprint density at radius 3 is 2.90 bits per heavy atom. The summed E-state index contributed by atoms with van der Waals surface area (Å²) in [6.45, 7) is 2.04. The molecule has 0 saturated carbocycles. The fraction of sp³-hybridized carbons (Fsp3) is 0.133. The van der Waals surface area contributed by atoms with Crippen LogP contribution < -0.4 is 0 Å². The number of carbonyl (C=O) groups is 1. The predicted molar refractivity (Wildman–Crippen MR) is 79.4 cm³/mol. The molecule has 0 aliphatic rings. The average Bonchev–Trinajstić information content (AvgIpc) is 2.87. The molecule has 21 heavy (non-hydrogen) atoms. The standard InChI is InChI=1S/C15H12ClN3O2/c1-2-21-14(20)13-12(10-6-3-4-7-11(10)16)18-15-17-8-5-9-19(13)15/h3-9H,2H2,1H3. The van der Waals surface area contributed by atoms with Crippen molar-refractivity contribution in [3.05, 3.63) is 53.4 Å². The van der Waals surface area contributed by atoms with Gasteiger partial charge in [0, 0.05) is 18.0 Å². The second kappa shape index (κ2) is 5.54. The van der Waals surface area contributed by atoms with Gasteiger partial charge in [-0.15, -0.1) is 0 Å². The molecule has 0 aliphatic carbocycles. The number of hydrogen-bond donors (Lipinski definition) is 0. The molecule has 0 atom stereocenters. The number of ether oxygens (including phenoxy) is 1. The van der Waals surface area contributed by atoms with Crippen molar-refractivity contribution in [2.45, 2.75) is 6.92 Å². The minimum atomic E-state index is -0.451. The second-order valence-corrected chi connectivity index (χ2v) is 4.71. The molecule has 0 amide bonds. The van der Waals surface area contributed by atoms with Gasteiger partial charge in [0.1, 0.15) is 5.69 Å². The molecule has 0 radical (unpaired) electrons. The zero-order valence-corrected chi connectivity index (χ0v) is 12.0. The Bertz CT molecular complexity index is 814. The van der Waals surface area contributed by atoms with Crippen LogP contribution in [0.5, 0.6) is 0 Å². The van der Waals surface area contributed by atoms with Crippen LogP contribution in [0.25, 0.3) is 17.0 Å². The third-order valence-electron chi connectivity index (χ3n) is 3.00. The highest BCUT2D eigenvalue weighted by atomic mass is 35.5. The van der Waals surface area contributed by atoms with Crippen LogP contribution in [0.3, 0.4) is 0 Å². The molecule has 0 fully saturated rings. The minimum Gasteiger partial charge on any atom is -0.461 e. The van der Waals surface area contributed by atoms with Crippen LogP contribution in [0.1, 0.15) is 17.4 Å². The van der Waals surface area contributed by atoms with Gasteiger partial charge in [0.15, 0.2) is 5.69 Å². The lowest BCUT2D eigenvalue weighted by molar-refractivity contribution is 0.0519. The zero-order valence-electron chi connectivity index (χ0n) is 11.3. The molecule has 3 aromatic rings. The van der Waals surface area contributed by atoms with Gasteiger partial charge in [-0.25, -0.2) is 14.8 Å². The molecule has 2 heterocycles. The summed E-state index contributed by atoms with van der Waals surface area (Å²) in [4.78, 5) is 20.8. The maximum Gasteiger partial charge on any atom is 0.357 e. The van der Waals surface area contributed by atoms with Gasteiger partial charge in [-0.2, -0.15) is 0 Å². The lowest BCUT2D eigenvalue weighted by Gasteiger charge is -2.05.